The largest absolute Gasteiger partial charge is 0.481 e. The van der Waals surface area contributed by atoms with E-state index in [0.717, 1.165) is 6.26 Å². The number of sulfonamides is 1. The highest BCUT2D eigenvalue weighted by Gasteiger charge is 2.25. The van der Waals surface area contributed by atoms with Gasteiger partial charge in [-0.1, -0.05) is 0 Å². The predicted octanol–water partition coefficient (Wildman–Crippen LogP) is 0.350. The summed E-state index contributed by atoms with van der Waals surface area (Å²) in [5.74, 6) is 0.714. The zero-order chi connectivity index (χ0) is 15.8. The number of methoxy groups -OCH3 is 1. The Labute approximate surface area is 123 Å². The average Bonchev–Trinajstić information content (AvgIpc) is 2.62. The molecule has 9 heteroatoms. The fourth-order valence-electron chi connectivity index (χ4n) is 2.20. The molecule has 0 saturated heterocycles. The van der Waals surface area contributed by atoms with E-state index in [9.17, 15) is 8.42 Å². The van der Waals surface area contributed by atoms with Gasteiger partial charge in [0.1, 0.15) is 5.52 Å². The molecule has 0 amide bonds. The number of nitrogens with two attached hydrogens (primary N) is 1. The first-order valence-electron chi connectivity index (χ1n) is 6.27. The Morgan fingerprint density at radius 3 is 2.62 bits per heavy atom. The second-order valence-corrected chi connectivity index (χ2v) is 7.26. The number of nitrogens with one attached hydrogen (secondary N) is 1. The van der Waals surface area contributed by atoms with Crippen LogP contribution in [-0.4, -0.2) is 41.9 Å². The number of anilines is 1. The van der Waals surface area contributed by atoms with Gasteiger partial charge < -0.3 is 10.5 Å². The normalized spacial score (nSPS) is 12.8. The van der Waals surface area contributed by atoms with Crippen molar-refractivity contribution in [2.45, 2.75) is 25.9 Å². The van der Waals surface area contributed by atoms with Crippen LogP contribution >= 0.6 is 0 Å². The topological polar surface area (TPSA) is 112 Å². The van der Waals surface area contributed by atoms with Crippen LogP contribution in [0.3, 0.4) is 0 Å². The molecule has 0 aliphatic heterocycles. The van der Waals surface area contributed by atoms with E-state index in [1.54, 1.807) is 30.5 Å². The van der Waals surface area contributed by atoms with E-state index < -0.39 is 15.6 Å². The van der Waals surface area contributed by atoms with Crippen LogP contribution in [0.15, 0.2) is 12.1 Å². The Bertz CT molecular complexity index is 767. The minimum absolute atomic E-state index is 0.272. The molecular formula is C12H19N5O3S. The maximum Gasteiger partial charge on any atom is 0.215 e. The minimum Gasteiger partial charge on any atom is -0.481 e. The highest BCUT2D eigenvalue weighted by atomic mass is 32.2. The second-order valence-electron chi connectivity index (χ2n) is 5.51. The van der Waals surface area contributed by atoms with E-state index in [1.165, 1.54) is 7.11 Å². The molecule has 3 N–H and O–H groups in total. The summed E-state index contributed by atoms with van der Waals surface area (Å²) in [6.07, 6.45) is 1.12. The van der Waals surface area contributed by atoms with Crippen molar-refractivity contribution in [2.75, 3.05) is 19.1 Å². The molecule has 2 rings (SSSR count). The lowest BCUT2D eigenvalue weighted by Gasteiger charge is -2.26. The van der Waals surface area contributed by atoms with Gasteiger partial charge in [-0.2, -0.15) is 4.98 Å². The van der Waals surface area contributed by atoms with Gasteiger partial charge in [-0.05, 0) is 19.9 Å². The average molecular weight is 313 g/mol. The number of hydrogen-bond donors (Lipinski definition) is 2. The van der Waals surface area contributed by atoms with E-state index in [0.29, 0.717) is 23.6 Å². The highest BCUT2D eigenvalue weighted by molar-refractivity contribution is 7.88. The van der Waals surface area contributed by atoms with E-state index >= 15 is 0 Å². The van der Waals surface area contributed by atoms with Crippen molar-refractivity contribution < 1.29 is 13.2 Å². The summed E-state index contributed by atoms with van der Waals surface area (Å²) in [4.78, 5) is 8.53. The highest BCUT2D eigenvalue weighted by Crippen LogP contribution is 2.21. The van der Waals surface area contributed by atoms with Gasteiger partial charge in [0.15, 0.2) is 5.65 Å². The van der Waals surface area contributed by atoms with Gasteiger partial charge in [0, 0.05) is 18.2 Å². The van der Waals surface area contributed by atoms with Gasteiger partial charge in [-0.25, -0.2) is 18.1 Å². The molecule has 0 aromatic carbocycles. The molecule has 21 heavy (non-hydrogen) atoms. The van der Waals surface area contributed by atoms with E-state index in [-0.39, 0.29) is 5.95 Å². The fraction of sp³-hybridized carbons (Fsp3) is 0.500. The van der Waals surface area contributed by atoms with Crippen LogP contribution in [0.5, 0.6) is 5.88 Å². The minimum atomic E-state index is -3.33. The summed E-state index contributed by atoms with van der Waals surface area (Å²) in [6.45, 7) is 3.82. The van der Waals surface area contributed by atoms with Crippen LogP contribution in [0.2, 0.25) is 0 Å². The lowest BCUT2D eigenvalue weighted by molar-refractivity contribution is 0.390. The number of ether oxygens (including phenoxy) is 1. The fourth-order valence-corrected chi connectivity index (χ4v) is 3.27. The molecule has 0 radical (unpaired) electrons. The van der Waals surface area contributed by atoms with Gasteiger partial charge >= 0.3 is 0 Å². The number of aromatic nitrogens is 3. The molecular weight excluding hydrogens is 294 g/mol. The quantitative estimate of drug-likeness (QED) is 0.823. The summed E-state index contributed by atoms with van der Waals surface area (Å²) in [7, 11) is -1.81. The number of rotatable bonds is 5. The zero-order valence-corrected chi connectivity index (χ0v) is 13.2. The summed E-state index contributed by atoms with van der Waals surface area (Å²) >= 11 is 0. The van der Waals surface area contributed by atoms with Gasteiger partial charge in [0.05, 0.1) is 13.4 Å². The molecule has 2 aromatic rings. The molecule has 0 spiro atoms. The van der Waals surface area contributed by atoms with Crippen molar-refractivity contribution >= 4 is 27.1 Å². The lowest BCUT2D eigenvalue weighted by atomic mass is 10.1. The van der Waals surface area contributed by atoms with E-state index in [2.05, 4.69) is 14.7 Å². The monoisotopic (exact) mass is 313 g/mol. The van der Waals surface area contributed by atoms with Crippen LogP contribution < -0.4 is 15.2 Å². The molecule has 0 aliphatic carbocycles. The van der Waals surface area contributed by atoms with Gasteiger partial charge in [0.25, 0.3) is 0 Å². The molecule has 8 nitrogen and oxygen atoms in total. The van der Waals surface area contributed by atoms with Crippen molar-refractivity contribution in [2.24, 2.45) is 0 Å². The third kappa shape index (κ3) is 3.61. The first-order valence-corrected chi connectivity index (χ1v) is 8.16. The van der Waals surface area contributed by atoms with Crippen molar-refractivity contribution in [1.82, 2.24) is 19.3 Å². The molecule has 2 aromatic heterocycles. The number of hydrogen-bond acceptors (Lipinski definition) is 6. The molecule has 0 aliphatic rings. The van der Waals surface area contributed by atoms with Gasteiger partial charge in [-0.15, -0.1) is 0 Å². The van der Waals surface area contributed by atoms with Crippen LogP contribution in [-0.2, 0) is 16.6 Å². The molecule has 0 saturated carbocycles. The van der Waals surface area contributed by atoms with Gasteiger partial charge in [0.2, 0.25) is 21.9 Å². The summed E-state index contributed by atoms with van der Waals surface area (Å²) < 4.78 is 32.2. The Kier molecular flexibility index (Phi) is 3.81. The van der Waals surface area contributed by atoms with Crippen LogP contribution in [0, 0.1) is 0 Å². The molecule has 2 heterocycles. The summed E-state index contributed by atoms with van der Waals surface area (Å²) in [5, 5.41) is 0. The number of pyridine rings is 1. The lowest BCUT2D eigenvalue weighted by Crippen LogP contribution is -2.46. The first kappa shape index (κ1) is 15.5. The molecule has 0 atom stereocenters. The number of nitrogens with zero attached hydrogens (tertiary/aromatic N) is 3. The third-order valence-corrected chi connectivity index (χ3v) is 3.74. The molecule has 116 valence electrons. The Morgan fingerprint density at radius 2 is 2.05 bits per heavy atom. The zero-order valence-electron chi connectivity index (χ0n) is 12.4. The maximum atomic E-state index is 11.4. The Morgan fingerprint density at radius 1 is 1.38 bits per heavy atom. The number of fused-ring (bicyclic) bond motifs is 1. The third-order valence-electron chi connectivity index (χ3n) is 2.82. The van der Waals surface area contributed by atoms with Crippen LogP contribution in [0.4, 0.5) is 5.95 Å². The SMILES string of the molecule is COc1ccc2nc(N)n(CC(C)(C)NS(C)(=O)=O)c2n1. The maximum absolute atomic E-state index is 11.4. The van der Waals surface area contributed by atoms with Crippen molar-refractivity contribution in [3.8, 4) is 5.88 Å². The van der Waals surface area contributed by atoms with Crippen LogP contribution in [0.1, 0.15) is 13.8 Å². The van der Waals surface area contributed by atoms with E-state index in [1.807, 2.05) is 0 Å². The van der Waals surface area contributed by atoms with Crippen molar-refractivity contribution in [1.29, 1.82) is 0 Å². The molecule has 0 unspecified atom stereocenters. The second kappa shape index (κ2) is 5.15. The number of nitrogen functional groups attached to an aromatic ring is 1. The Hall–Kier alpha value is -1.87. The molecule has 0 fully saturated rings. The Balaban J connectivity index is 2.44. The van der Waals surface area contributed by atoms with Gasteiger partial charge in [-0.3, -0.25) is 4.57 Å². The summed E-state index contributed by atoms with van der Waals surface area (Å²) in [5.41, 5.74) is 6.35. The van der Waals surface area contributed by atoms with Crippen molar-refractivity contribution in [3.05, 3.63) is 12.1 Å². The smallest absolute Gasteiger partial charge is 0.215 e. The standard InChI is InChI=1S/C12H19N5O3S/c1-12(2,16-21(4,18)19)7-17-10-8(14-11(17)13)5-6-9(15-10)20-3/h5-6,16H,7H2,1-4H3,(H2,13,14). The summed E-state index contributed by atoms with van der Waals surface area (Å²) in [6, 6.07) is 3.45. The van der Waals surface area contributed by atoms with Crippen molar-refractivity contribution in [3.63, 3.8) is 0 Å². The van der Waals surface area contributed by atoms with E-state index in [4.69, 9.17) is 10.5 Å². The molecule has 0 bridgehead atoms. The first-order chi connectivity index (χ1) is 9.61. The number of imidazole rings is 1. The van der Waals surface area contributed by atoms with Crippen LogP contribution in [0.25, 0.3) is 11.2 Å². The predicted molar refractivity (Wildman–Crippen MR) is 80.6 cm³/mol.